The van der Waals surface area contributed by atoms with Gasteiger partial charge in [0.05, 0.1) is 18.4 Å². The van der Waals surface area contributed by atoms with E-state index in [9.17, 15) is 4.79 Å². The van der Waals surface area contributed by atoms with Gasteiger partial charge in [-0.15, -0.1) is 0 Å². The number of carbonyl (C=O) groups is 1. The topological polar surface area (TPSA) is 76.8 Å². The van der Waals surface area contributed by atoms with Crippen LogP contribution in [0.2, 0.25) is 0 Å². The fourth-order valence-corrected chi connectivity index (χ4v) is 3.34. The first-order valence-electron chi connectivity index (χ1n) is 10.7. The number of carbonyl (C=O) groups excluding carboxylic acids is 1. The number of benzene rings is 2. The molecular weight excluding hydrogens is 406 g/mol. The van der Waals surface area contributed by atoms with E-state index in [2.05, 4.69) is 39.6 Å². The van der Waals surface area contributed by atoms with Gasteiger partial charge in [-0.1, -0.05) is 17.3 Å². The van der Waals surface area contributed by atoms with Crippen LogP contribution in [0.5, 0.6) is 11.5 Å². The second-order valence-electron chi connectivity index (χ2n) is 7.88. The van der Waals surface area contributed by atoms with Gasteiger partial charge in [-0.2, -0.15) is 0 Å². The molecule has 0 atom stereocenters. The zero-order valence-corrected chi connectivity index (χ0v) is 19.4. The van der Waals surface area contributed by atoms with Crippen LogP contribution in [0, 0.1) is 13.8 Å². The molecule has 0 aliphatic rings. The number of hydrogen-bond acceptors (Lipinski definition) is 6. The van der Waals surface area contributed by atoms with Crippen LogP contribution in [0.25, 0.3) is 0 Å². The van der Waals surface area contributed by atoms with Crippen molar-refractivity contribution in [3.63, 3.8) is 0 Å². The number of aromatic nitrogens is 1. The molecule has 1 N–H and O–H groups in total. The lowest BCUT2D eigenvalue weighted by atomic mass is 10.1. The number of methoxy groups -OCH3 is 1. The molecule has 2 aromatic carbocycles. The molecule has 1 amide bonds. The van der Waals surface area contributed by atoms with Crippen molar-refractivity contribution in [2.24, 2.45) is 0 Å². The summed E-state index contributed by atoms with van der Waals surface area (Å²) in [4.78, 5) is 14.6. The van der Waals surface area contributed by atoms with E-state index >= 15 is 0 Å². The van der Waals surface area contributed by atoms with Crippen LogP contribution in [-0.4, -0.2) is 38.8 Å². The Hall–Kier alpha value is -3.48. The molecule has 1 heterocycles. The molecular formula is C25H31N3O4. The number of hydrogen-bond donors (Lipinski definition) is 1. The van der Waals surface area contributed by atoms with Crippen LogP contribution in [0.1, 0.15) is 39.4 Å². The summed E-state index contributed by atoms with van der Waals surface area (Å²) in [6.07, 6.45) is 1.77. The van der Waals surface area contributed by atoms with E-state index in [0.29, 0.717) is 30.2 Å². The average molecular weight is 438 g/mol. The second kappa shape index (κ2) is 10.7. The van der Waals surface area contributed by atoms with Gasteiger partial charge < -0.3 is 24.2 Å². The Labute approximate surface area is 189 Å². The van der Waals surface area contributed by atoms with E-state index in [4.69, 9.17) is 14.0 Å². The van der Waals surface area contributed by atoms with Crippen molar-refractivity contribution in [1.29, 1.82) is 0 Å². The van der Waals surface area contributed by atoms with Crippen LogP contribution in [0.15, 0.2) is 47.0 Å². The van der Waals surface area contributed by atoms with Crippen LogP contribution in [0.4, 0.5) is 5.69 Å². The van der Waals surface area contributed by atoms with E-state index in [1.54, 1.807) is 25.3 Å². The van der Waals surface area contributed by atoms with Gasteiger partial charge in [-0.05, 0) is 62.6 Å². The highest BCUT2D eigenvalue weighted by molar-refractivity contribution is 5.94. The fourth-order valence-electron chi connectivity index (χ4n) is 3.34. The SMILES string of the molecule is COc1cc(C(=O)NCCCc2ccc(N(C)C)cc2)ccc1OCc1c(C)noc1C. The summed E-state index contributed by atoms with van der Waals surface area (Å²) in [6.45, 7) is 4.64. The predicted octanol–water partition coefficient (Wildman–Crippen LogP) is 4.31. The van der Waals surface area contributed by atoms with Gasteiger partial charge in [-0.3, -0.25) is 4.79 Å². The smallest absolute Gasteiger partial charge is 0.251 e. The minimum Gasteiger partial charge on any atom is -0.493 e. The first-order chi connectivity index (χ1) is 15.4. The minimum atomic E-state index is -0.136. The maximum atomic E-state index is 12.6. The monoisotopic (exact) mass is 437 g/mol. The molecule has 0 spiro atoms. The van der Waals surface area contributed by atoms with Crippen molar-refractivity contribution < 1.29 is 18.8 Å². The van der Waals surface area contributed by atoms with Crippen molar-refractivity contribution in [2.45, 2.75) is 33.3 Å². The van der Waals surface area contributed by atoms with Crippen LogP contribution in [-0.2, 0) is 13.0 Å². The van der Waals surface area contributed by atoms with Crippen molar-refractivity contribution in [2.75, 3.05) is 32.6 Å². The van der Waals surface area contributed by atoms with Gasteiger partial charge in [-0.25, -0.2) is 0 Å². The molecule has 0 bridgehead atoms. The Morgan fingerprint density at radius 3 is 2.47 bits per heavy atom. The molecule has 0 saturated heterocycles. The van der Waals surface area contributed by atoms with E-state index in [1.165, 1.54) is 11.3 Å². The number of rotatable bonds is 10. The van der Waals surface area contributed by atoms with Crippen molar-refractivity contribution in [1.82, 2.24) is 10.5 Å². The maximum absolute atomic E-state index is 12.6. The molecule has 32 heavy (non-hydrogen) atoms. The Morgan fingerprint density at radius 2 is 1.84 bits per heavy atom. The quantitative estimate of drug-likeness (QED) is 0.477. The lowest BCUT2D eigenvalue weighted by molar-refractivity contribution is 0.0952. The molecule has 0 aliphatic carbocycles. The summed E-state index contributed by atoms with van der Waals surface area (Å²) in [5.74, 6) is 1.66. The maximum Gasteiger partial charge on any atom is 0.251 e. The number of anilines is 1. The van der Waals surface area contributed by atoms with Gasteiger partial charge in [0, 0.05) is 31.9 Å². The zero-order valence-electron chi connectivity index (χ0n) is 19.4. The van der Waals surface area contributed by atoms with E-state index in [-0.39, 0.29) is 5.91 Å². The van der Waals surface area contributed by atoms with Crippen molar-refractivity contribution >= 4 is 11.6 Å². The molecule has 7 heteroatoms. The Morgan fingerprint density at radius 1 is 1.09 bits per heavy atom. The van der Waals surface area contributed by atoms with Gasteiger partial charge >= 0.3 is 0 Å². The minimum absolute atomic E-state index is 0.136. The second-order valence-corrected chi connectivity index (χ2v) is 7.88. The number of nitrogens with zero attached hydrogens (tertiary/aromatic N) is 2. The molecule has 0 fully saturated rings. The lowest BCUT2D eigenvalue weighted by Crippen LogP contribution is -2.24. The normalized spacial score (nSPS) is 10.7. The third-order valence-corrected chi connectivity index (χ3v) is 5.36. The summed E-state index contributed by atoms with van der Waals surface area (Å²) >= 11 is 0. The van der Waals surface area contributed by atoms with E-state index in [1.807, 2.05) is 27.9 Å². The molecule has 3 rings (SSSR count). The summed E-state index contributed by atoms with van der Waals surface area (Å²) in [7, 11) is 5.61. The Balaban J connectivity index is 1.51. The van der Waals surface area contributed by atoms with Crippen molar-refractivity contribution in [3.8, 4) is 11.5 Å². The standard InChI is InChI=1S/C25H31N3O4/c1-17-22(18(2)32-27-17)16-31-23-13-10-20(15-24(23)30-5)25(29)26-14-6-7-19-8-11-21(12-9-19)28(3)4/h8-13,15H,6-7,14,16H2,1-5H3,(H,26,29). The van der Waals surface area contributed by atoms with E-state index < -0.39 is 0 Å². The molecule has 170 valence electrons. The van der Waals surface area contributed by atoms with Crippen LogP contribution >= 0.6 is 0 Å². The zero-order chi connectivity index (χ0) is 23.1. The summed E-state index contributed by atoms with van der Waals surface area (Å²) in [6, 6.07) is 13.6. The lowest BCUT2D eigenvalue weighted by Gasteiger charge is -2.13. The molecule has 0 unspecified atom stereocenters. The fraction of sp³-hybridized carbons (Fsp3) is 0.360. The van der Waals surface area contributed by atoms with Gasteiger partial charge in [0.1, 0.15) is 12.4 Å². The van der Waals surface area contributed by atoms with E-state index in [0.717, 1.165) is 29.9 Å². The first kappa shape index (κ1) is 23.2. The predicted molar refractivity (Wildman–Crippen MR) is 125 cm³/mol. The number of nitrogens with one attached hydrogen (secondary N) is 1. The first-order valence-corrected chi connectivity index (χ1v) is 10.7. The molecule has 1 aromatic heterocycles. The highest BCUT2D eigenvalue weighted by Crippen LogP contribution is 2.29. The average Bonchev–Trinajstić information content (AvgIpc) is 3.12. The third-order valence-electron chi connectivity index (χ3n) is 5.36. The third kappa shape index (κ3) is 5.81. The largest absolute Gasteiger partial charge is 0.493 e. The van der Waals surface area contributed by atoms with Gasteiger partial charge in [0.2, 0.25) is 0 Å². The Kier molecular flexibility index (Phi) is 7.76. The molecule has 3 aromatic rings. The molecule has 0 aliphatic heterocycles. The molecule has 7 nitrogen and oxygen atoms in total. The number of aryl methyl sites for hydroxylation is 3. The highest BCUT2D eigenvalue weighted by atomic mass is 16.5. The Bertz CT molecular complexity index is 1020. The van der Waals surface area contributed by atoms with Crippen molar-refractivity contribution in [3.05, 3.63) is 70.6 Å². The summed E-state index contributed by atoms with van der Waals surface area (Å²) in [5.41, 5.74) is 4.67. The highest BCUT2D eigenvalue weighted by Gasteiger charge is 2.14. The van der Waals surface area contributed by atoms with Crippen LogP contribution < -0.4 is 19.7 Å². The number of ether oxygens (including phenoxy) is 2. The summed E-state index contributed by atoms with van der Waals surface area (Å²) in [5, 5.41) is 6.91. The molecule has 0 saturated carbocycles. The van der Waals surface area contributed by atoms with Gasteiger partial charge in [0.15, 0.2) is 11.5 Å². The summed E-state index contributed by atoms with van der Waals surface area (Å²) < 4.78 is 16.5. The molecule has 0 radical (unpaired) electrons. The number of amides is 1. The van der Waals surface area contributed by atoms with Gasteiger partial charge in [0.25, 0.3) is 5.91 Å². The van der Waals surface area contributed by atoms with Crippen LogP contribution in [0.3, 0.4) is 0 Å².